The molecular formula is C24H24FNO3. The van der Waals surface area contributed by atoms with E-state index in [0.29, 0.717) is 5.56 Å². The van der Waals surface area contributed by atoms with Crippen LogP contribution in [0.15, 0.2) is 54.1 Å². The summed E-state index contributed by atoms with van der Waals surface area (Å²) in [6, 6.07) is 12.3. The van der Waals surface area contributed by atoms with Gasteiger partial charge in [0.2, 0.25) is 0 Å². The van der Waals surface area contributed by atoms with E-state index in [-0.39, 0.29) is 17.4 Å². The third-order valence-electron chi connectivity index (χ3n) is 6.05. The molecule has 2 aromatic rings. The minimum atomic E-state index is -0.675. The highest BCUT2D eigenvalue weighted by atomic mass is 19.1. The van der Waals surface area contributed by atoms with E-state index in [0.717, 1.165) is 43.2 Å². The summed E-state index contributed by atoms with van der Waals surface area (Å²) in [6.07, 6.45) is 4.88. The first-order valence-corrected chi connectivity index (χ1v) is 10.1. The van der Waals surface area contributed by atoms with Crippen molar-refractivity contribution in [2.24, 2.45) is 0 Å². The maximum atomic E-state index is 13.3. The van der Waals surface area contributed by atoms with Crippen molar-refractivity contribution < 1.29 is 19.1 Å². The summed E-state index contributed by atoms with van der Waals surface area (Å²) in [6.45, 7) is 1.94. The van der Waals surface area contributed by atoms with Crippen molar-refractivity contribution >= 4 is 17.4 Å². The molecule has 0 bridgehead atoms. The van der Waals surface area contributed by atoms with E-state index in [1.54, 1.807) is 4.90 Å². The number of Topliss-reactive ketones (excluding diaryl/α,β-unsaturated/α-hetero) is 1. The summed E-state index contributed by atoms with van der Waals surface area (Å²) in [5.41, 5.74) is 2.19. The topological polar surface area (TPSA) is 57.6 Å². The SMILES string of the molecule is Cc1ccccc1C1/C(=C(/O)c2ccc(F)cc2)C(=O)C(=O)N1C1CCCCC1. The van der Waals surface area contributed by atoms with Gasteiger partial charge in [0, 0.05) is 11.6 Å². The number of aliphatic hydroxyl groups is 1. The van der Waals surface area contributed by atoms with Crippen LogP contribution in [0.5, 0.6) is 0 Å². The molecule has 2 aliphatic rings. The van der Waals surface area contributed by atoms with Crippen LogP contribution in [0.3, 0.4) is 0 Å². The number of amides is 1. The molecule has 29 heavy (non-hydrogen) atoms. The standard InChI is InChI=1S/C24H24FNO3/c1-15-7-5-6-10-19(15)21-20(22(27)16-11-13-17(25)14-12-16)23(28)24(29)26(21)18-8-3-2-4-9-18/h5-7,10-14,18,21,27H,2-4,8-9H2,1H3/b22-20-. The monoisotopic (exact) mass is 393 g/mol. The lowest BCUT2D eigenvalue weighted by Crippen LogP contribution is -2.40. The van der Waals surface area contributed by atoms with E-state index in [2.05, 4.69) is 0 Å². The van der Waals surface area contributed by atoms with Crippen LogP contribution in [0.25, 0.3) is 5.76 Å². The van der Waals surface area contributed by atoms with Crippen molar-refractivity contribution in [3.8, 4) is 0 Å². The molecule has 1 aliphatic carbocycles. The normalized spacial score (nSPS) is 22.3. The largest absolute Gasteiger partial charge is 0.507 e. The van der Waals surface area contributed by atoms with Gasteiger partial charge in [-0.1, -0.05) is 43.5 Å². The van der Waals surface area contributed by atoms with Gasteiger partial charge in [0.1, 0.15) is 11.6 Å². The Bertz CT molecular complexity index is 974. The van der Waals surface area contributed by atoms with E-state index in [4.69, 9.17) is 0 Å². The molecule has 1 unspecified atom stereocenters. The minimum absolute atomic E-state index is 0.0247. The molecule has 1 N–H and O–H groups in total. The summed E-state index contributed by atoms with van der Waals surface area (Å²) < 4.78 is 13.3. The van der Waals surface area contributed by atoms with Crippen molar-refractivity contribution in [2.45, 2.75) is 51.1 Å². The van der Waals surface area contributed by atoms with Gasteiger partial charge in [-0.3, -0.25) is 9.59 Å². The zero-order valence-electron chi connectivity index (χ0n) is 16.4. The quantitative estimate of drug-likeness (QED) is 0.459. The second-order valence-corrected chi connectivity index (χ2v) is 7.86. The fourth-order valence-electron chi connectivity index (χ4n) is 4.55. The van der Waals surface area contributed by atoms with Crippen molar-refractivity contribution in [3.63, 3.8) is 0 Å². The van der Waals surface area contributed by atoms with Crippen molar-refractivity contribution in [1.82, 2.24) is 4.90 Å². The van der Waals surface area contributed by atoms with Gasteiger partial charge in [0.05, 0.1) is 11.6 Å². The summed E-state index contributed by atoms with van der Waals surface area (Å²) in [5.74, 6) is -1.92. The number of carbonyl (C=O) groups is 2. The molecule has 1 aliphatic heterocycles. The first-order chi connectivity index (χ1) is 14.0. The second-order valence-electron chi connectivity index (χ2n) is 7.86. The van der Waals surface area contributed by atoms with E-state index in [1.807, 2.05) is 31.2 Å². The van der Waals surface area contributed by atoms with Crippen LogP contribution in [0, 0.1) is 12.7 Å². The molecule has 0 radical (unpaired) electrons. The van der Waals surface area contributed by atoms with Gasteiger partial charge < -0.3 is 10.0 Å². The van der Waals surface area contributed by atoms with Crippen LogP contribution in [-0.4, -0.2) is 27.7 Å². The molecule has 0 spiro atoms. The molecule has 150 valence electrons. The van der Waals surface area contributed by atoms with Gasteiger partial charge in [-0.15, -0.1) is 0 Å². The lowest BCUT2D eigenvalue weighted by Gasteiger charge is -2.36. The zero-order valence-corrected chi connectivity index (χ0v) is 16.4. The molecule has 0 aromatic heterocycles. The van der Waals surface area contributed by atoms with Crippen LogP contribution >= 0.6 is 0 Å². The van der Waals surface area contributed by atoms with Crippen molar-refractivity contribution in [3.05, 3.63) is 76.6 Å². The average Bonchev–Trinajstić information content (AvgIpc) is 3.00. The van der Waals surface area contributed by atoms with Crippen molar-refractivity contribution in [2.75, 3.05) is 0 Å². The number of benzene rings is 2. The van der Waals surface area contributed by atoms with Crippen LogP contribution < -0.4 is 0 Å². The highest BCUT2D eigenvalue weighted by Gasteiger charge is 2.49. The molecule has 1 amide bonds. The number of rotatable bonds is 3. The Kier molecular flexibility index (Phi) is 5.22. The van der Waals surface area contributed by atoms with Crippen molar-refractivity contribution in [1.29, 1.82) is 0 Å². The van der Waals surface area contributed by atoms with Crippen LogP contribution in [0.1, 0.15) is 54.8 Å². The third kappa shape index (κ3) is 3.46. The van der Waals surface area contributed by atoms with E-state index in [9.17, 15) is 19.1 Å². The summed E-state index contributed by atoms with van der Waals surface area (Å²) in [4.78, 5) is 27.8. The smallest absolute Gasteiger partial charge is 0.295 e. The maximum absolute atomic E-state index is 13.3. The Morgan fingerprint density at radius 3 is 2.31 bits per heavy atom. The highest BCUT2D eigenvalue weighted by molar-refractivity contribution is 6.46. The summed E-state index contributed by atoms with van der Waals surface area (Å²) in [5, 5.41) is 11.0. The van der Waals surface area contributed by atoms with Crippen LogP contribution in [-0.2, 0) is 9.59 Å². The molecule has 1 saturated heterocycles. The molecule has 4 nitrogen and oxygen atoms in total. The van der Waals surface area contributed by atoms with Gasteiger partial charge in [0.25, 0.3) is 11.7 Å². The predicted molar refractivity (Wildman–Crippen MR) is 109 cm³/mol. The van der Waals surface area contributed by atoms with Gasteiger partial charge in [0.15, 0.2) is 0 Å². The van der Waals surface area contributed by atoms with E-state index >= 15 is 0 Å². The molecule has 5 heteroatoms. The van der Waals surface area contributed by atoms with Gasteiger partial charge in [-0.25, -0.2) is 4.39 Å². The molecule has 4 rings (SSSR count). The van der Waals surface area contributed by atoms with Gasteiger partial charge in [-0.2, -0.15) is 0 Å². The third-order valence-corrected chi connectivity index (χ3v) is 6.05. The first kappa shape index (κ1) is 19.4. The van der Waals surface area contributed by atoms with Crippen LogP contribution in [0.2, 0.25) is 0 Å². The molecule has 2 fully saturated rings. The number of ketones is 1. The first-order valence-electron chi connectivity index (χ1n) is 10.1. The lowest BCUT2D eigenvalue weighted by molar-refractivity contribution is -0.141. The highest BCUT2D eigenvalue weighted by Crippen LogP contribution is 2.43. The molecule has 2 aromatic carbocycles. The Labute approximate surface area is 169 Å². The number of nitrogens with zero attached hydrogens (tertiary/aromatic N) is 1. The molecular weight excluding hydrogens is 369 g/mol. The van der Waals surface area contributed by atoms with Gasteiger partial charge in [-0.05, 0) is 55.2 Å². The van der Waals surface area contributed by atoms with E-state index < -0.39 is 23.5 Å². The Balaban J connectivity index is 1.89. The fraction of sp³-hybridized carbons (Fsp3) is 0.333. The Morgan fingerprint density at radius 2 is 1.66 bits per heavy atom. The average molecular weight is 393 g/mol. The minimum Gasteiger partial charge on any atom is -0.507 e. The van der Waals surface area contributed by atoms with E-state index in [1.165, 1.54) is 24.3 Å². The number of hydrogen-bond donors (Lipinski definition) is 1. The zero-order chi connectivity index (χ0) is 20.5. The summed E-state index contributed by atoms with van der Waals surface area (Å²) in [7, 11) is 0. The molecule has 1 heterocycles. The van der Waals surface area contributed by atoms with Gasteiger partial charge >= 0.3 is 0 Å². The maximum Gasteiger partial charge on any atom is 0.295 e. The fourth-order valence-corrected chi connectivity index (χ4v) is 4.55. The summed E-state index contributed by atoms with van der Waals surface area (Å²) >= 11 is 0. The number of halogens is 1. The molecule has 1 atom stereocenters. The lowest BCUT2D eigenvalue weighted by atomic mass is 9.89. The van der Waals surface area contributed by atoms with Crippen LogP contribution in [0.4, 0.5) is 4.39 Å². The second kappa shape index (κ2) is 7.82. The number of hydrogen-bond acceptors (Lipinski definition) is 3. The number of carbonyl (C=O) groups excluding carboxylic acids is 2. The predicted octanol–water partition coefficient (Wildman–Crippen LogP) is 4.89. The Hall–Kier alpha value is -2.95. The number of aliphatic hydroxyl groups excluding tert-OH is 1. The Morgan fingerprint density at radius 1 is 1.00 bits per heavy atom. The molecule has 1 saturated carbocycles. The number of likely N-dealkylation sites (tertiary alicyclic amines) is 1. The number of aryl methyl sites for hydroxylation is 1.